The summed E-state index contributed by atoms with van der Waals surface area (Å²) in [5, 5.41) is 39.6. The Morgan fingerprint density at radius 3 is 2.27 bits per heavy atom. The Hall–Kier alpha value is -4.49. The van der Waals surface area contributed by atoms with Gasteiger partial charge in [-0.1, -0.05) is 26.8 Å². The number of aromatic carboxylic acids is 1. The molecular weight excluding hydrogens is 1030 g/mol. The fraction of sp³-hybridized carbons (Fsp3) is 0.772. The van der Waals surface area contributed by atoms with Gasteiger partial charge in [-0.05, 0) is 132 Å². The molecule has 4 N–H and O–H groups in total. The van der Waals surface area contributed by atoms with Crippen LogP contribution in [0.15, 0.2) is 29.2 Å². The standard InChI is InChI=1S/C57H91N5O17/c1-17-42-57(10)49(78-54(69)79-57)35(6)61(15)29-31(2)27-55(8,70)48(77-53-46(65)41(59(11)12)25-32(3)72-53)33(4)47(34(5)52(68)74-42)76-44-28-56(9,71-16)50(36(7)73-44)75-43(63)22-24-58-23-18-19-37-20-21-40-38(26-37)45(64)39(51(66)67)30-62(40)60(13)14/h20-21,26,30-36,41-42,44,46-50,53,58,65,70H,17-19,22-25,27-29H2,1-16H3,(H,66,67)/t31-,32+,33+,34+,35+,36-,41-,42-,44-,46+,47-,48+,49+,50-,53-,55+,56+,57+/m0/s1. The zero-order chi connectivity index (χ0) is 58.6. The summed E-state index contributed by atoms with van der Waals surface area (Å²) in [7, 11) is 10.7. The highest BCUT2D eigenvalue weighted by molar-refractivity contribution is 5.92. The van der Waals surface area contributed by atoms with Gasteiger partial charge in [-0.2, -0.15) is 0 Å². The number of methoxy groups -OCH3 is 1. The summed E-state index contributed by atoms with van der Waals surface area (Å²) in [6.07, 6.45) is -6.45. The molecular formula is C57H91N5O17. The van der Waals surface area contributed by atoms with E-state index >= 15 is 0 Å². The van der Waals surface area contributed by atoms with E-state index in [1.807, 2.05) is 77.7 Å². The number of aliphatic hydroxyl groups excluding tert-OH is 1. The molecule has 4 saturated heterocycles. The normalized spacial score (nSPS) is 37.1. The van der Waals surface area contributed by atoms with Gasteiger partial charge in [-0.25, -0.2) is 9.59 Å². The topological polar surface area (TPSA) is 256 Å². The number of carboxylic acid groups (broad SMARTS) is 1. The second-order valence-corrected chi connectivity index (χ2v) is 23.9. The van der Waals surface area contributed by atoms with Crippen LogP contribution in [0, 0.1) is 17.8 Å². The minimum atomic E-state index is -1.63. The molecule has 0 aliphatic carbocycles. The second kappa shape index (κ2) is 26.2. The molecule has 4 aliphatic rings. The van der Waals surface area contributed by atoms with E-state index in [1.165, 1.54) is 13.3 Å². The molecule has 0 saturated carbocycles. The van der Waals surface area contributed by atoms with Gasteiger partial charge in [-0.3, -0.25) is 24.0 Å². The molecule has 79 heavy (non-hydrogen) atoms. The summed E-state index contributed by atoms with van der Waals surface area (Å²) in [4.78, 5) is 70.2. The Morgan fingerprint density at radius 1 is 0.937 bits per heavy atom. The zero-order valence-corrected chi connectivity index (χ0v) is 49.4. The van der Waals surface area contributed by atoms with Gasteiger partial charge in [0.15, 0.2) is 30.4 Å². The zero-order valence-electron chi connectivity index (χ0n) is 49.4. The quantitative estimate of drug-likeness (QED) is 0.0969. The summed E-state index contributed by atoms with van der Waals surface area (Å²) in [5.41, 5.74) is -3.55. The minimum absolute atomic E-state index is 0.0344. The molecule has 0 unspecified atom stereocenters. The number of ether oxygens (including phenoxy) is 9. The van der Waals surface area contributed by atoms with Crippen molar-refractivity contribution >= 4 is 35.0 Å². The largest absolute Gasteiger partial charge is 0.509 e. The molecule has 6 rings (SSSR count). The van der Waals surface area contributed by atoms with Crippen LogP contribution >= 0.6 is 0 Å². The number of hydrogen-bond acceptors (Lipinski definition) is 20. The maximum absolute atomic E-state index is 14.8. The van der Waals surface area contributed by atoms with E-state index < -0.39 is 119 Å². The summed E-state index contributed by atoms with van der Waals surface area (Å²) < 4.78 is 58.7. The number of carbonyl (C=O) groups excluding carboxylic acids is 3. The first kappa shape index (κ1) is 63.7. The highest BCUT2D eigenvalue weighted by Gasteiger charge is 2.58. The number of fused-ring (bicyclic) bond motifs is 2. The van der Waals surface area contributed by atoms with Gasteiger partial charge in [0.1, 0.15) is 23.4 Å². The van der Waals surface area contributed by atoms with Crippen molar-refractivity contribution in [3.05, 3.63) is 45.7 Å². The highest BCUT2D eigenvalue weighted by atomic mass is 16.8. The number of rotatable bonds is 17. The molecule has 0 bridgehead atoms. The fourth-order valence-electron chi connectivity index (χ4n) is 12.5. The summed E-state index contributed by atoms with van der Waals surface area (Å²) in [5.74, 6) is -4.54. The predicted molar refractivity (Wildman–Crippen MR) is 292 cm³/mol. The third kappa shape index (κ3) is 14.4. The average Bonchev–Trinajstić information content (AvgIpc) is 3.79. The Balaban J connectivity index is 1.19. The van der Waals surface area contributed by atoms with E-state index in [1.54, 1.807) is 64.5 Å². The van der Waals surface area contributed by atoms with Crippen LogP contribution in [0.4, 0.5) is 4.79 Å². The monoisotopic (exact) mass is 1120 g/mol. The first-order chi connectivity index (χ1) is 37.0. The smallest absolute Gasteiger partial charge is 0.477 e. The van der Waals surface area contributed by atoms with Gasteiger partial charge in [0.05, 0.1) is 47.9 Å². The predicted octanol–water partition coefficient (Wildman–Crippen LogP) is 4.46. The lowest BCUT2D eigenvalue weighted by molar-refractivity contribution is -0.318. The van der Waals surface area contributed by atoms with Gasteiger partial charge < -0.3 is 73.2 Å². The number of aliphatic hydroxyl groups is 2. The Bertz CT molecular complexity index is 2490. The molecule has 4 fully saturated rings. The van der Waals surface area contributed by atoms with E-state index in [-0.39, 0.29) is 49.3 Å². The molecule has 1 aromatic carbocycles. The van der Waals surface area contributed by atoms with E-state index in [2.05, 4.69) is 5.32 Å². The van der Waals surface area contributed by atoms with Gasteiger partial charge in [0, 0.05) is 70.3 Å². The third-order valence-electron chi connectivity index (χ3n) is 16.9. The molecule has 4 aliphatic heterocycles. The van der Waals surface area contributed by atoms with Crippen LogP contribution in [0.2, 0.25) is 0 Å². The van der Waals surface area contributed by atoms with E-state index in [0.717, 1.165) is 5.56 Å². The van der Waals surface area contributed by atoms with Crippen molar-refractivity contribution in [2.45, 2.75) is 204 Å². The van der Waals surface area contributed by atoms with E-state index in [4.69, 9.17) is 42.6 Å². The number of likely N-dealkylation sites (N-methyl/N-ethyl adjacent to an activating group) is 2. The number of hydrogen-bond donors (Lipinski definition) is 4. The SMILES string of the molecule is CC[C@@H]1OC(=O)[C@H](C)[C@@H](O[C@H]2C[C@@](C)(OC)[C@@H](OC(=O)CCNCCCc3ccc4c(c3)c(=O)c(C(=O)O)cn4N(C)C)[C@H](C)O2)[C@@H](C)[C@@H](O[C@@H]2O[C@H](C)C[C@H](N(C)C)[C@H]2O)[C@](C)(O)C[C@H](C)CN(C)[C@H](C)[C@H]2OC(=O)O[C@]12C. The molecule has 0 radical (unpaired) electrons. The van der Waals surface area contributed by atoms with Crippen LogP contribution in [0.25, 0.3) is 10.9 Å². The number of nitrogens with zero attached hydrogens (tertiary/aromatic N) is 4. The van der Waals surface area contributed by atoms with E-state index in [0.29, 0.717) is 49.8 Å². The number of aryl methyl sites for hydroxylation is 1. The highest BCUT2D eigenvalue weighted by Crippen LogP contribution is 2.42. The summed E-state index contributed by atoms with van der Waals surface area (Å²) in [6, 6.07) is 4.73. The van der Waals surface area contributed by atoms with Crippen molar-refractivity contribution in [2.24, 2.45) is 17.8 Å². The number of nitrogens with one attached hydrogen (secondary N) is 1. The molecule has 22 heteroatoms. The number of cyclic esters (lactones) is 1. The first-order valence-electron chi connectivity index (χ1n) is 28.0. The molecule has 5 heterocycles. The minimum Gasteiger partial charge on any atom is -0.477 e. The number of pyridine rings is 1. The van der Waals surface area contributed by atoms with Gasteiger partial charge in [0.25, 0.3) is 0 Å². The Kier molecular flexibility index (Phi) is 21.1. The average molecular weight is 1120 g/mol. The summed E-state index contributed by atoms with van der Waals surface area (Å²) >= 11 is 0. The number of benzene rings is 1. The molecule has 1 aromatic heterocycles. The van der Waals surface area contributed by atoms with Crippen LogP contribution in [-0.2, 0) is 58.6 Å². The lowest BCUT2D eigenvalue weighted by Gasteiger charge is -2.49. The maximum Gasteiger partial charge on any atom is 0.509 e. The van der Waals surface area contributed by atoms with Crippen molar-refractivity contribution in [2.75, 3.05) is 67.0 Å². The van der Waals surface area contributed by atoms with Crippen LogP contribution in [0.1, 0.15) is 124 Å². The molecule has 2 aromatic rings. The molecule has 22 nitrogen and oxygen atoms in total. The van der Waals surface area contributed by atoms with Crippen LogP contribution in [0.3, 0.4) is 0 Å². The molecule has 446 valence electrons. The molecule has 18 atom stereocenters. The van der Waals surface area contributed by atoms with Gasteiger partial charge in [0.2, 0.25) is 5.43 Å². The molecule has 0 spiro atoms. The number of esters is 2. The Labute approximate surface area is 465 Å². The van der Waals surface area contributed by atoms with Crippen LogP contribution in [-0.4, -0.2) is 206 Å². The third-order valence-corrected chi connectivity index (χ3v) is 16.9. The summed E-state index contributed by atoms with van der Waals surface area (Å²) in [6.45, 7) is 19.4. The Morgan fingerprint density at radius 2 is 1.63 bits per heavy atom. The van der Waals surface area contributed by atoms with Crippen molar-refractivity contribution in [3.8, 4) is 0 Å². The maximum atomic E-state index is 14.8. The fourth-order valence-corrected chi connectivity index (χ4v) is 12.5. The van der Waals surface area contributed by atoms with Gasteiger partial charge in [-0.15, -0.1) is 0 Å². The number of aromatic nitrogens is 1. The van der Waals surface area contributed by atoms with Crippen molar-refractivity contribution in [1.82, 2.24) is 19.8 Å². The lowest BCUT2D eigenvalue weighted by atomic mass is 9.77. The van der Waals surface area contributed by atoms with Crippen molar-refractivity contribution < 1.29 is 77.1 Å². The van der Waals surface area contributed by atoms with Crippen LogP contribution < -0.4 is 15.8 Å². The van der Waals surface area contributed by atoms with Crippen molar-refractivity contribution in [3.63, 3.8) is 0 Å². The lowest BCUT2D eigenvalue weighted by Crippen LogP contribution is -2.61. The number of carboxylic acids is 1. The second-order valence-electron chi connectivity index (χ2n) is 23.9. The van der Waals surface area contributed by atoms with Crippen molar-refractivity contribution in [1.29, 1.82) is 0 Å². The van der Waals surface area contributed by atoms with E-state index in [9.17, 15) is 39.3 Å². The first-order valence-corrected chi connectivity index (χ1v) is 28.0. The van der Waals surface area contributed by atoms with Crippen LogP contribution in [0.5, 0.6) is 0 Å². The molecule has 0 amide bonds. The van der Waals surface area contributed by atoms with Gasteiger partial charge >= 0.3 is 24.1 Å². The number of carbonyl (C=O) groups is 4.